The Labute approximate surface area is 63.7 Å². The summed E-state index contributed by atoms with van der Waals surface area (Å²) in [5.41, 5.74) is 5.29. The highest BCUT2D eigenvalue weighted by Crippen LogP contribution is 1.85. The molecule has 0 fully saturated rings. The Balaban J connectivity index is 3.34. The lowest BCUT2D eigenvalue weighted by Gasteiger charge is -2.14. The first kappa shape index (κ1) is 9.66. The SMILES string of the molecule is CCN(CC)C/C=C\CN. The van der Waals surface area contributed by atoms with Gasteiger partial charge in [-0.05, 0) is 13.1 Å². The van der Waals surface area contributed by atoms with Gasteiger partial charge in [-0.1, -0.05) is 26.0 Å². The molecular weight excluding hydrogens is 124 g/mol. The molecule has 0 radical (unpaired) electrons. The minimum Gasteiger partial charge on any atom is -0.327 e. The Kier molecular flexibility index (Phi) is 6.55. The van der Waals surface area contributed by atoms with E-state index in [-0.39, 0.29) is 0 Å². The Hall–Kier alpha value is -0.340. The lowest BCUT2D eigenvalue weighted by molar-refractivity contribution is 0.337. The highest BCUT2D eigenvalue weighted by molar-refractivity contribution is 4.84. The number of nitrogens with zero attached hydrogens (tertiary/aromatic N) is 1. The van der Waals surface area contributed by atoms with Crippen LogP contribution in [0, 0.1) is 0 Å². The van der Waals surface area contributed by atoms with Gasteiger partial charge < -0.3 is 10.6 Å². The fourth-order valence-electron chi connectivity index (χ4n) is 0.802. The first-order valence-electron chi connectivity index (χ1n) is 3.92. The van der Waals surface area contributed by atoms with E-state index in [1.165, 1.54) is 0 Å². The van der Waals surface area contributed by atoms with Gasteiger partial charge in [-0.3, -0.25) is 0 Å². The van der Waals surface area contributed by atoms with E-state index < -0.39 is 0 Å². The molecule has 0 aromatic carbocycles. The van der Waals surface area contributed by atoms with Crippen molar-refractivity contribution in [3.63, 3.8) is 0 Å². The van der Waals surface area contributed by atoms with E-state index in [0.29, 0.717) is 6.54 Å². The fourth-order valence-corrected chi connectivity index (χ4v) is 0.802. The lowest BCUT2D eigenvalue weighted by Crippen LogP contribution is -2.22. The van der Waals surface area contributed by atoms with Gasteiger partial charge in [-0.25, -0.2) is 0 Å². The van der Waals surface area contributed by atoms with Gasteiger partial charge in [0, 0.05) is 13.1 Å². The van der Waals surface area contributed by atoms with Crippen molar-refractivity contribution in [1.82, 2.24) is 4.90 Å². The number of nitrogens with two attached hydrogens (primary N) is 1. The van der Waals surface area contributed by atoms with Crippen molar-refractivity contribution in [2.24, 2.45) is 5.73 Å². The molecule has 2 N–H and O–H groups in total. The molecule has 0 aromatic heterocycles. The second-order valence-corrected chi connectivity index (χ2v) is 2.19. The van der Waals surface area contributed by atoms with Crippen LogP contribution in [0.15, 0.2) is 12.2 Å². The molecule has 0 atom stereocenters. The molecule has 60 valence electrons. The summed E-state index contributed by atoms with van der Waals surface area (Å²) in [4.78, 5) is 2.34. The van der Waals surface area contributed by atoms with Crippen LogP contribution < -0.4 is 5.73 Å². The Bertz CT molecular complexity index is 85.3. The minimum absolute atomic E-state index is 0.654. The molecule has 0 saturated heterocycles. The largest absolute Gasteiger partial charge is 0.327 e. The van der Waals surface area contributed by atoms with Crippen molar-refractivity contribution < 1.29 is 0 Å². The molecular formula is C8H18N2. The maximum Gasteiger partial charge on any atom is 0.0163 e. The van der Waals surface area contributed by atoms with Gasteiger partial charge >= 0.3 is 0 Å². The summed E-state index contributed by atoms with van der Waals surface area (Å²) in [6.07, 6.45) is 4.12. The monoisotopic (exact) mass is 142 g/mol. The normalized spacial score (nSPS) is 11.6. The van der Waals surface area contributed by atoms with Crippen molar-refractivity contribution in [1.29, 1.82) is 0 Å². The van der Waals surface area contributed by atoms with Gasteiger partial charge in [0.1, 0.15) is 0 Å². The van der Waals surface area contributed by atoms with E-state index in [9.17, 15) is 0 Å². The third kappa shape index (κ3) is 4.53. The molecule has 0 spiro atoms. The number of hydrogen-bond donors (Lipinski definition) is 1. The van der Waals surface area contributed by atoms with E-state index in [0.717, 1.165) is 19.6 Å². The second kappa shape index (κ2) is 6.78. The zero-order chi connectivity index (χ0) is 7.82. The lowest BCUT2D eigenvalue weighted by atomic mass is 10.4. The highest BCUT2D eigenvalue weighted by atomic mass is 15.1. The zero-order valence-electron chi connectivity index (χ0n) is 7.01. The molecule has 0 aliphatic heterocycles. The van der Waals surface area contributed by atoms with Gasteiger partial charge in [0.05, 0.1) is 0 Å². The first-order valence-corrected chi connectivity index (χ1v) is 3.92. The molecule has 10 heavy (non-hydrogen) atoms. The van der Waals surface area contributed by atoms with Crippen LogP contribution in [0.5, 0.6) is 0 Å². The van der Waals surface area contributed by atoms with Crippen LogP contribution in [0.2, 0.25) is 0 Å². The molecule has 2 nitrogen and oxygen atoms in total. The Morgan fingerprint density at radius 1 is 1.20 bits per heavy atom. The molecule has 0 aromatic rings. The molecule has 0 aliphatic carbocycles. The van der Waals surface area contributed by atoms with Crippen LogP contribution in [0.1, 0.15) is 13.8 Å². The van der Waals surface area contributed by atoms with E-state index in [1.807, 2.05) is 6.08 Å². The van der Waals surface area contributed by atoms with Crippen LogP contribution in [0.25, 0.3) is 0 Å². The third-order valence-electron chi connectivity index (χ3n) is 1.56. The van der Waals surface area contributed by atoms with Crippen LogP contribution in [-0.4, -0.2) is 31.1 Å². The first-order chi connectivity index (χ1) is 4.85. The van der Waals surface area contributed by atoms with Crippen LogP contribution >= 0.6 is 0 Å². The zero-order valence-corrected chi connectivity index (χ0v) is 7.01. The van der Waals surface area contributed by atoms with Crippen molar-refractivity contribution in [3.8, 4) is 0 Å². The number of hydrogen-bond acceptors (Lipinski definition) is 2. The average molecular weight is 142 g/mol. The van der Waals surface area contributed by atoms with Crippen molar-refractivity contribution in [3.05, 3.63) is 12.2 Å². The highest BCUT2D eigenvalue weighted by Gasteiger charge is 1.92. The number of likely N-dealkylation sites (N-methyl/N-ethyl adjacent to an activating group) is 1. The van der Waals surface area contributed by atoms with Crippen LogP contribution in [0.4, 0.5) is 0 Å². The summed E-state index contributed by atoms with van der Waals surface area (Å²) in [6.45, 7) is 8.25. The quantitative estimate of drug-likeness (QED) is 0.576. The molecule has 2 heteroatoms. The van der Waals surface area contributed by atoms with Crippen LogP contribution in [0.3, 0.4) is 0 Å². The summed E-state index contributed by atoms with van der Waals surface area (Å²) < 4.78 is 0. The molecule has 0 amide bonds. The maximum atomic E-state index is 5.29. The van der Waals surface area contributed by atoms with E-state index >= 15 is 0 Å². The van der Waals surface area contributed by atoms with Gasteiger partial charge in [0.15, 0.2) is 0 Å². The van der Waals surface area contributed by atoms with E-state index in [1.54, 1.807) is 0 Å². The van der Waals surface area contributed by atoms with Crippen LogP contribution in [-0.2, 0) is 0 Å². The minimum atomic E-state index is 0.654. The predicted molar refractivity (Wildman–Crippen MR) is 46.0 cm³/mol. The molecule has 0 rings (SSSR count). The van der Waals surface area contributed by atoms with Crippen molar-refractivity contribution in [2.75, 3.05) is 26.2 Å². The average Bonchev–Trinajstić information content (AvgIpc) is 1.99. The standard InChI is InChI=1S/C8H18N2/c1-3-10(4-2)8-6-5-7-9/h5-6H,3-4,7-9H2,1-2H3/b6-5-. The number of rotatable bonds is 5. The van der Waals surface area contributed by atoms with Gasteiger partial charge in [-0.2, -0.15) is 0 Å². The summed E-state index contributed by atoms with van der Waals surface area (Å²) in [6, 6.07) is 0. The summed E-state index contributed by atoms with van der Waals surface area (Å²) in [7, 11) is 0. The third-order valence-corrected chi connectivity index (χ3v) is 1.56. The predicted octanol–water partition coefficient (Wildman–Crippen LogP) is 0.843. The molecule has 0 bridgehead atoms. The van der Waals surface area contributed by atoms with Gasteiger partial charge in [0.25, 0.3) is 0 Å². The Morgan fingerprint density at radius 3 is 2.20 bits per heavy atom. The molecule has 0 heterocycles. The summed E-state index contributed by atoms with van der Waals surface area (Å²) in [5.74, 6) is 0. The van der Waals surface area contributed by atoms with Gasteiger partial charge in [0.2, 0.25) is 0 Å². The second-order valence-electron chi connectivity index (χ2n) is 2.19. The molecule has 0 saturated carbocycles. The van der Waals surface area contributed by atoms with Crippen molar-refractivity contribution in [2.45, 2.75) is 13.8 Å². The topological polar surface area (TPSA) is 29.3 Å². The van der Waals surface area contributed by atoms with E-state index in [2.05, 4.69) is 24.8 Å². The molecule has 0 unspecified atom stereocenters. The van der Waals surface area contributed by atoms with E-state index in [4.69, 9.17) is 5.73 Å². The van der Waals surface area contributed by atoms with Crippen molar-refractivity contribution >= 4 is 0 Å². The molecule has 0 aliphatic rings. The smallest absolute Gasteiger partial charge is 0.0163 e. The summed E-state index contributed by atoms with van der Waals surface area (Å²) >= 11 is 0. The Morgan fingerprint density at radius 2 is 1.80 bits per heavy atom. The van der Waals surface area contributed by atoms with Gasteiger partial charge in [-0.15, -0.1) is 0 Å². The summed E-state index contributed by atoms with van der Waals surface area (Å²) in [5, 5.41) is 0. The maximum absolute atomic E-state index is 5.29. The fraction of sp³-hybridized carbons (Fsp3) is 0.750.